The van der Waals surface area contributed by atoms with E-state index in [0.29, 0.717) is 0 Å². The van der Waals surface area contributed by atoms with Gasteiger partial charge in [0.2, 0.25) is 0 Å². The molecule has 1 aromatic heterocycles. The first-order chi connectivity index (χ1) is 9.20. The van der Waals surface area contributed by atoms with Gasteiger partial charge in [-0.15, -0.1) is 11.3 Å². The average molecular weight is 280 g/mol. The van der Waals surface area contributed by atoms with Gasteiger partial charge in [-0.2, -0.15) is 0 Å². The zero-order valence-electron chi connectivity index (χ0n) is 12.4. The van der Waals surface area contributed by atoms with Crippen molar-refractivity contribution < 1.29 is 0 Å². The van der Waals surface area contributed by atoms with Crippen LogP contribution in [0.5, 0.6) is 0 Å². The fourth-order valence-electron chi connectivity index (χ4n) is 3.42. The third kappa shape index (κ3) is 3.59. The van der Waals surface area contributed by atoms with Gasteiger partial charge in [-0.05, 0) is 43.7 Å². The van der Waals surface area contributed by atoms with Crippen molar-refractivity contribution in [3.8, 4) is 0 Å². The van der Waals surface area contributed by atoms with Crippen LogP contribution in [0.2, 0.25) is 0 Å². The summed E-state index contributed by atoms with van der Waals surface area (Å²) in [6.07, 6.45) is 7.94. The fraction of sp³-hybridized carbons (Fsp3) is 0.750. The summed E-state index contributed by atoms with van der Waals surface area (Å²) in [4.78, 5) is 3.98. The fourth-order valence-corrected chi connectivity index (χ4v) is 4.17. The second kappa shape index (κ2) is 6.87. The second-order valence-corrected chi connectivity index (χ2v) is 7.10. The SMILES string of the molecule is CCC1CCCC(CN)(N(C)Cc2cccs2)CC1. The molecule has 2 nitrogen and oxygen atoms in total. The molecule has 3 heteroatoms. The quantitative estimate of drug-likeness (QED) is 0.830. The summed E-state index contributed by atoms with van der Waals surface area (Å²) in [6, 6.07) is 4.38. The molecule has 19 heavy (non-hydrogen) atoms. The van der Waals surface area contributed by atoms with Crippen molar-refractivity contribution >= 4 is 11.3 Å². The van der Waals surface area contributed by atoms with Gasteiger partial charge in [0, 0.05) is 23.5 Å². The van der Waals surface area contributed by atoms with Gasteiger partial charge in [-0.3, -0.25) is 4.90 Å². The molecule has 1 aromatic rings. The normalized spacial score (nSPS) is 28.5. The highest BCUT2D eigenvalue weighted by molar-refractivity contribution is 7.09. The van der Waals surface area contributed by atoms with E-state index in [-0.39, 0.29) is 5.54 Å². The smallest absolute Gasteiger partial charge is 0.0332 e. The molecule has 2 N–H and O–H groups in total. The van der Waals surface area contributed by atoms with E-state index in [0.717, 1.165) is 19.0 Å². The highest BCUT2D eigenvalue weighted by Gasteiger charge is 2.35. The summed E-state index contributed by atoms with van der Waals surface area (Å²) in [6.45, 7) is 4.17. The Morgan fingerprint density at radius 3 is 2.89 bits per heavy atom. The maximum absolute atomic E-state index is 6.19. The molecule has 0 aliphatic heterocycles. The second-order valence-electron chi connectivity index (χ2n) is 6.07. The van der Waals surface area contributed by atoms with E-state index in [1.165, 1.54) is 43.4 Å². The van der Waals surface area contributed by atoms with Gasteiger partial charge in [-0.25, -0.2) is 0 Å². The number of hydrogen-bond acceptors (Lipinski definition) is 3. The van der Waals surface area contributed by atoms with E-state index in [2.05, 4.69) is 36.4 Å². The first kappa shape index (κ1) is 15.0. The minimum atomic E-state index is 0.230. The Kier molecular flexibility index (Phi) is 5.43. The van der Waals surface area contributed by atoms with Gasteiger partial charge in [-0.1, -0.05) is 32.3 Å². The summed E-state index contributed by atoms with van der Waals surface area (Å²) in [7, 11) is 2.26. The number of nitrogens with zero attached hydrogens (tertiary/aromatic N) is 1. The minimum absolute atomic E-state index is 0.230. The number of thiophene rings is 1. The number of rotatable bonds is 5. The van der Waals surface area contributed by atoms with Crippen LogP contribution in [0.3, 0.4) is 0 Å². The standard InChI is InChI=1S/C16H28N2S/c1-3-14-6-4-9-16(13-17,10-8-14)18(2)12-15-7-5-11-19-15/h5,7,11,14H,3-4,6,8-10,12-13,17H2,1-2H3. The van der Waals surface area contributed by atoms with Crippen molar-refractivity contribution in [1.29, 1.82) is 0 Å². The van der Waals surface area contributed by atoms with Crippen LogP contribution in [0.1, 0.15) is 50.3 Å². The summed E-state index contributed by atoms with van der Waals surface area (Å²) in [5, 5.41) is 2.17. The van der Waals surface area contributed by atoms with Gasteiger partial charge >= 0.3 is 0 Å². The van der Waals surface area contributed by atoms with Crippen molar-refractivity contribution in [3.05, 3.63) is 22.4 Å². The largest absolute Gasteiger partial charge is 0.329 e. The van der Waals surface area contributed by atoms with Crippen LogP contribution in [0.15, 0.2) is 17.5 Å². The zero-order chi connectivity index (χ0) is 13.7. The molecule has 0 aromatic carbocycles. The van der Waals surface area contributed by atoms with Gasteiger partial charge in [0.05, 0.1) is 0 Å². The van der Waals surface area contributed by atoms with Gasteiger partial charge in [0.1, 0.15) is 0 Å². The molecule has 2 atom stereocenters. The molecule has 108 valence electrons. The molecule has 1 saturated carbocycles. The topological polar surface area (TPSA) is 29.3 Å². The lowest BCUT2D eigenvalue weighted by Crippen LogP contribution is -2.51. The van der Waals surface area contributed by atoms with E-state index >= 15 is 0 Å². The molecule has 1 aliphatic rings. The van der Waals surface area contributed by atoms with Crippen molar-refractivity contribution in [2.75, 3.05) is 13.6 Å². The third-order valence-electron chi connectivity index (χ3n) is 5.01. The minimum Gasteiger partial charge on any atom is -0.329 e. The van der Waals surface area contributed by atoms with Crippen LogP contribution >= 0.6 is 11.3 Å². The van der Waals surface area contributed by atoms with Crippen LogP contribution < -0.4 is 5.73 Å². The lowest BCUT2D eigenvalue weighted by molar-refractivity contribution is 0.0994. The summed E-state index contributed by atoms with van der Waals surface area (Å²) in [5.74, 6) is 0.920. The molecule has 0 spiro atoms. The van der Waals surface area contributed by atoms with Crippen molar-refractivity contribution in [2.45, 2.75) is 57.5 Å². The molecule has 0 bridgehead atoms. The van der Waals surface area contributed by atoms with E-state index in [4.69, 9.17) is 5.73 Å². The van der Waals surface area contributed by atoms with Crippen molar-refractivity contribution in [1.82, 2.24) is 4.90 Å². The Bertz CT molecular complexity index is 363. The zero-order valence-corrected chi connectivity index (χ0v) is 13.2. The maximum Gasteiger partial charge on any atom is 0.0332 e. The lowest BCUT2D eigenvalue weighted by atomic mass is 9.87. The number of likely N-dealkylation sites (N-methyl/N-ethyl adjacent to an activating group) is 1. The summed E-state index contributed by atoms with van der Waals surface area (Å²) < 4.78 is 0. The number of nitrogens with two attached hydrogens (primary N) is 1. The van der Waals surface area contributed by atoms with Crippen LogP contribution in [-0.2, 0) is 6.54 Å². The third-order valence-corrected chi connectivity index (χ3v) is 5.87. The Balaban J connectivity index is 2.04. The Hall–Kier alpha value is -0.380. The Morgan fingerprint density at radius 2 is 2.26 bits per heavy atom. The highest BCUT2D eigenvalue weighted by Crippen LogP contribution is 2.35. The van der Waals surface area contributed by atoms with Crippen molar-refractivity contribution in [2.24, 2.45) is 11.7 Å². The van der Waals surface area contributed by atoms with Crippen LogP contribution in [-0.4, -0.2) is 24.0 Å². The average Bonchev–Trinajstić information content (AvgIpc) is 2.83. The van der Waals surface area contributed by atoms with Gasteiger partial charge in [0.25, 0.3) is 0 Å². The molecule has 2 unspecified atom stereocenters. The Labute approximate surface area is 122 Å². The van der Waals surface area contributed by atoms with Crippen LogP contribution in [0.4, 0.5) is 0 Å². The first-order valence-corrected chi connectivity index (χ1v) is 8.52. The van der Waals surface area contributed by atoms with Gasteiger partial charge in [0.15, 0.2) is 0 Å². The molecular weight excluding hydrogens is 252 g/mol. The van der Waals surface area contributed by atoms with E-state index < -0.39 is 0 Å². The maximum atomic E-state index is 6.19. The predicted octanol–water partition coefficient (Wildman–Crippen LogP) is 3.87. The molecule has 0 radical (unpaired) electrons. The molecular formula is C16H28N2S. The van der Waals surface area contributed by atoms with Crippen LogP contribution in [0, 0.1) is 5.92 Å². The molecule has 2 rings (SSSR count). The van der Waals surface area contributed by atoms with E-state index in [1.54, 1.807) is 0 Å². The predicted molar refractivity (Wildman–Crippen MR) is 84.4 cm³/mol. The van der Waals surface area contributed by atoms with Crippen LogP contribution in [0.25, 0.3) is 0 Å². The number of hydrogen-bond donors (Lipinski definition) is 1. The summed E-state index contributed by atoms with van der Waals surface area (Å²) in [5.41, 5.74) is 6.42. The molecule has 1 heterocycles. The molecule has 0 amide bonds. The lowest BCUT2D eigenvalue weighted by Gasteiger charge is -2.41. The first-order valence-electron chi connectivity index (χ1n) is 7.64. The molecule has 1 fully saturated rings. The molecule has 0 saturated heterocycles. The Morgan fingerprint density at radius 1 is 1.42 bits per heavy atom. The summed E-state index contributed by atoms with van der Waals surface area (Å²) >= 11 is 1.85. The monoisotopic (exact) mass is 280 g/mol. The van der Waals surface area contributed by atoms with Gasteiger partial charge < -0.3 is 5.73 Å². The molecule has 1 aliphatic carbocycles. The van der Waals surface area contributed by atoms with Crippen molar-refractivity contribution in [3.63, 3.8) is 0 Å². The van der Waals surface area contributed by atoms with E-state index in [1.807, 2.05) is 11.3 Å². The highest BCUT2D eigenvalue weighted by atomic mass is 32.1. The van der Waals surface area contributed by atoms with E-state index in [9.17, 15) is 0 Å².